The van der Waals surface area contributed by atoms with Crippen LogP contribution in [0.2, 0.25) is 0 Å². The van der Waals surface area contributed by atoms with Gasteiger partial charge in [0, 0.05) is 30.0 Å². The van der Waals surface area contributed by atoms with Crippen LogP contribution in [0.3, 0.4) is 0 Å². The Morgan fingerprint density at radius 2 is 1.67 bits per heavy atom. The van der Waals surface area contributed by atoms with Crippen LogP contribution in [0, 0.1) is 42.9 Å². The molecule has 0 saturated carbocycles. The number of dihydropyridines is 1. The number of aliphatic imine (C=N–C) groups is 1. The van der Waals surface area contributed by atoms with Gasteiger partial charge in [-0.05, 0) is 123 Å². The summed E-state index contributed by atoms with van der Waals surface area (Å²) in [5.74, 6) is 2.13. The standard InChI is InChI=1S/C51H61N/c1-9-10-16-47-38(5)37(4)32-40(29-30-51(7,8)39(47)6)33-49(45-20-19-36(3)48(34-45)46-17-12-11-15-35(46)2)43-25-21-41(22-26-43)42-23-27-44(28-24-42)50-18-13-14-31-52-50/h9-13,15-21,23,25,27,29-30,32,34,39,42,44,47,49H,1,14,22,24,26,28,31,33H2,2-8H3. The summed E-state index contributed by atoms with van der Waals surface area (Å²) in [6.45, 7) is 21.3. The largest absolute Gasteiger partial charge is 0.289 e. The molecule has 5 atom stereocenters. The Labute approximate surface area is 315 Å². The first-order chi connectivity index (χ1) is 25.1. The molecule has 0 aromatic heterocycles. The predicted octanol–water partition coefficient (Wildman–Crippen LogP) is 13.9. The number of hydrogen-bond donors (Lipinski definition) is 0. The van der Waals surface area contributed by atoms with Crippen LogP contribution in [0.15, 0.2) is 155 Å². The molecule has 0 bridgehead atoms. The zero-order valence-electron chi connectivity index (χ0n) is 33.0. The van der Waals surface area contributed by atoms with Gasteiger partial charge in [0.15, 0.2) is 0 Å². The highest BCUT2D eigenvalue weighted by molar-refractivity contribution is 5.98. The van der Waals surface area contributed by atoms with E-state index in [4.69, 9.17) is 4.99 Å². The maximum Gasteiger partial charge on any atom is 0.0427 e. The average molecular weight is 688 g/mol. The van der Waals surface area contributed by atoms with Crippen molar-refractivity contribution in [3.8, 4) is 11.1 Å². The third kappa shape index (κ3) is 8.52. The van der Waals surface area contributed by atoms with Gasteiger partial charge in [0.1, 0.15) is 0 Å². The molecule has 1 aliphatic heterocycles. The lowest BCUT2D eigenvalue weighted by molar-refractivity contribution is 0.261. The molecule has 0 N–H and O–H groups in total. The van der Waals surface area contributed by atoms with Crippen molar-refractivity contribution in [2.45, 2.75) is 92.9 Å². The maximum absolute atomic E-state index is 4.82. The number of nitrogens with zero attached hydrogens (tertiary/aromatic N) is 1. The van der Waals surface area contributed by atoms with Crippen molar-refractivity contribution < 1.29 is 0 Å². The maximum atomic E-state index is 4.82. The highest BCUT2D eigenvalue weighted by atomic mass is 14.7. The van der Waals surface area contributed by atoms with Crippen molar-refractivity contribution in [2.24, 2.45) is 34.1 Å². The smallest absolute Gasteiger partial charge is 0.0427 e. The quantitative estimate of drug-likeness (QED) is 0.184. The fraction of sp³-hybridized carbons (Fsp3) is 0.392. The molecule has 2 aromatic carbocycles. The minimum atomic E-state index is 0.0344. The van der Waals surface area contributed by atoms with E-state index in [0.717, 1.165) is 32.2 Å². The van der Waals surface area contributed by atoms with Gasteiger partial charge in [0.2, 0.25) is 0 Å². The predicted molar refractivity (Wildman–Crippen MR) is 227 cm³/mol. The Morgan fingerprint density at radius 3 is 2.37 bits per heavy atom. The molecule has 0 amide bonds. The van der Waals surface area contributed by atoms with E-state index in [1.807, 2.05) is 6.08 Å². The van der Waals surface area contributed by atoms with Crippen LogP contribution < -0.4 is 0 Å². The molecule has 270 valence electrons. The number of hydrogen-bond acceptors (Lipinski definition) is 1. The van der Waals surface area contributed by atoms with Crippen molar-refractivity contribution in [1.82, 2.24) is 0 Å². The van der Waals surface area contributed by atoms with E-state index >= 15 is 0 Å². The van der Waals surface area contributed by atoms with Crippen molar-refractivity contribution in [2.75, 3.05) is 6.54 Å². The van der Waals surface area contributed by atoms with E-state index in [1.54, 1.807) is 11.1 Å². The molecule has 0 saturated heterocycles. The molecular formula is C51H61N. The highest BCUT2D eigenvalue weighted by Gasteiger charge is 2.32. The lowest BCUT2D eigenvalue weighted by Crippen LogP contribution is -2.26. The summed E-state index contributed by atoms with van der Waals surface area (Å²) in [6, 6.07) is 16.1. The Bertz CT molecular complexity index is 1920. The van der Waals surface area contributed by atoms with Crippen LogP contribution >= 0.6 is 0 Å². The van der Waals surface area contributed by atoms with Crippen molar-refractivity contribution in [1.29, 1.82) is 0 Å². The monoisotopic (exact) mass is 687 g/mol. The van der Waals surface area contributed by atoms with Gasteiger partial charge in [-0.25, -0.2) is 0 Å². The van der Waals surface area contributed by atoms with E-state index < -0.39 is 0 Å². The zero-order chi connectivity index (χ0) is 36.8. The topological polar surface area (TPSA) is 12.4 Å². The second-order valence-corrected chi connectivity index (χ2v) is 16.5. The third-order valence-corrected chi connectivity index (χ3v) is 12.7. The van der Waals surface area contributed by atoms with Crippen LogP contribution in [-0.2, 0) is 0 Å². The minimum Gasteiger partial charge on any atom is -0.289 e. The summed E-state index contributed by atoms with van der Waals surface area (Å²) in [6.07, 6.45) is 35.0. The summed E-state index contributed by atoms with van der Waals surface area (Å²) < 4.78 is 0. The number of rotatable bonds is 9. The second kappa shape index (κ2) is 16.6. The molecule has 5 unspecified atom stereocenters. The molecule has 1 heterocycles. The van der Waals surface area contributed by atoms with E-state index in [1.165, 1.54) is 63.1 Å². The average Bonchev–Trinajstić information content (AvgIpc) is 3.19. The Hall–Kier alpha value is -4.23. The summed E-state index contributed by atoms with van der Waals surface area (Å²) in [5.41, 5.74) is 15.5. The molecule has 4 aliphatic rings. The number of allylic oxidation sites excluding steroid dienone is 16. The summed E-state index contributed by atoms with van der Waals surface area (Å²) in [4.78, 5) is 4.82. The molecule has 52 heavy (non-hydrogen) atoms. The van der Waals surface area contributed by atoms with Gasteiger partial charge in [-0.15, -0.1) is 0 Å². The van der Waals surface area contributed by atoms with Gasteiger partial charge in [0.25, 0.3) is 0 Å². The van der Waals surface area contributed by atoms with Crippen LogP contribution in [0.25, 0.3) is 11.1 Å². The summed E-state index contributed by atoms with van der Waals surface area (Å²) in [7, 11) is 0. The molecule has 0 fully saturated rings. The van der Waals surface area contributed by atoms with Crippen LogP contribution in [-0.4, -0.2) is 12.3 Å². The molecule has 1 nitrogen and oxygen atoms in total. The highest BCUT2D eigenvalue weighted by Crippen LogP contribution is 2.44. The van der Waals surface area contributed by atoms with Gasteiger partial charge < -0.3 is 0 Å². The van der Waals surface area contributed by atoms with Crippen LogP contribution in [0.1, 0.15) is 95.8 Å². The third-order valence-electron chi connectivity index (χ3n) is 12.7. The second-order valence-electron chi connectivity index (χ2n) is 16.5. The lowest BCUT2D eigenvalue weighted by atomic mass is 9.70. The van der Waals surface area contributed by atoms with Gasteiger partial charge in [0.05, 0.1) is 0 Å². The first kappa shape index (κ1) is 37.5. The molecule has 0 radical (unpaired) electrons. The van der Waals surface area contributed by atoms with Crippen molar-refractivity contribution >= 4 is 5.71 Å². The Balaban J connectivity index is 1.38. The van der Waals surface area contributed by atoms with Crippen molar-refractivity contribution in [3.63, 3.8) is 0 Å². The normalized spacial score (nSPS) is 25.4. The summed E-state index contributed by atoms with van der Waals surface area (Å²) in [5, 5.41) is 0. The molecule has 0 spiro atoms. The minimum absolute atomic E-state index is 0.0344. The summed E-state index contributed by atoms with van der Waals surface area (Å²) >= 11 is 0. The Kier molecular flexibility index (Phi) is 12.0. The fourth-order valence-corrected chi connectivity index (χ4v) is 8.78. The number of aryl methyl sites for hydroxylation is 2. The fourth-order valence-electron chi connectivity index (χ4n) is 8.78. The number of benzene rings is 2. The van der Waals surface area contributed by atoms with Crippen LogP contribution in [0.5, 0.6) is 0 Å². The Morgan fingerprint density at radius 1 is 0.904 bits per heavy atom. The SMILES string of the molecule is C=CC=CC1C(C)=C(C)C=C(CC(C2=CC=C(C3C=CC(C4=NCCC=C4)CC3)CC2)c2ccc(C)c(-c3ccccc3C)c2)C=CC(C)(C)C1C. The van der Waals surface area contributed by atoms with Gasteiger partial charge in [-0.3, -0.25) is 4.99 Å². The molecule has 1 heteroatoms. The lowest BCUT2D eigenvalue weighted by Gasteiger charge is -2.35. The van der Waals surface area contributed by atoms with Gasteiger partial charge in [-0.1, -0.05) is 159 Å². The zero-order valence-corrected chi connectivity index (χ0v) is 33.0. The molecular weight excluding hydrogens is 627 g/mol. The molecule has 3 aliphatic carbocycles. The van der Waals surface area contributed by atoms with E-state index in [9.17, 15) is 0 Å². The van der Waals surface area contributed by atoms with Crippen LogP contribution in [0.4, 0.5) is 0 Å². The molecule has 6 rings (SSSR count). The molecule has 2 aromatic rings. The van der Waals surface area contributed by atoms with Crippen molar-refractivity contribution in [3.05, 3.63) is 167 Å². The first-order valence-corrected chi connectivity index (χ1v) is 19.9. The first-order valence-electron chi connectivity index (χ1n) is 19.9. The van der Waals surface area contributed by atoms with Gasteiger partial charge in [-0.2, -0.15) is 0 Å². The van der Waals surface area contributed by atoms with Gasteiger partial charge >= 0.3 is 0 Å². The van der Waals surface area contributed by atoms with E-state index in [0.29, 0.717) is 29.6 Å². The van der Waals surface area contributed by atoms with E-state index in [-0.39, 0.29) is 5.41 Å². The van der Waals surface area contributed by atoms with E-state index in [2.05, 4.69) is 164 Å².